The van der Waals surface area contributed by atoms with Crippen molar-refractivity contribution in [2.45, 2.75) is 0 Å². The molecule has 1 N–H and O–H groups in total. The standard InChI is InChI=1S/C18H20FN3O2/c1-24-18(23)20-15-4-8-17(9-5-15)22-12-10-21(11-13-22)16-6-2-14(19)3-7-16/h2-9H,10-13H2,1H3,(H,20,23). The Morgan fingerprint density at radius 1 is 0.917 bits per heavy atom. The van der Waals surface area contributed by atoms with Gasteiger partial charge in [0.05, 0.1) is 7.11 Å². The molecule has 0 aliphatic carbocycles. The van der Waals surface area contributed by atoms with E-state index in [1.54, 1.807) is 0 Å². The second kappa shape index (κ2) is 7.21. The van der Waals surface area contributed by atoms with Crippen LogP contribution in [0.1, 0.15) is 0 Å². The Morgan fingerprint density at radius 2 is 1.38 bits per heavy atom. The number of nitrogens with one attached hydrogen (secondary N) is 1. The van der Waals surface area contributed by atoms with Gasteiger partial charge in [-0.25, -0.2) is 9.18 Å². The number of amides is 1. The summed E-state index contributed by atoms with van der Waals surface area (Å²) < 4.78 is 17.6. The van der Waals surface area contributed by atoms with Crippen molar-refractivity contribution in [2.75, 3.05) is 48.4 Å². The van der Waals surface area contributed by atoms with E-state index in [4.69, 9.17) is 0 Å². The fraction of sp³-hybridized carbons (Fsp3) is 0.278. The van der Waals surface area contributed by atoms with E-state index in [9.17, 15) is 9.18 Å². The minimum atomic E-state index is -0.476. The van der Waals surface area contributed by atoms with Gasteiger partial charge < -0.3 is 14.5 Å². The fourth-order valence-corrected chi connectivity index (χ4v) is 2.80. The molecule has 0 atom stereocenters. The van der Waals surface area contributed by atoms with E-state index >= 15 is 0 Å². The number of carbonyl (C=O) groups excluding carboxylic acids is 1. The molecule has 24 heavy (non-hydrogen) atoms. The molecule has 1 aliphatic heterocycles. The molecule has 5 nitrogen and oxygen atoms in total. The van der Waals surface area contributed by atoms with Gasteiger partial charge in [0.2, 0.25) is 0 Å². The molecule has 1 aliphatic rings. The number of halogens is 1. The van der Waals surface area contributed by atoms with Crippen LogP contribution in [0.15, 0.2) is 48.5 Å². The van der Waals surface area contributed by atoms with Gasteiger partial charge in [-0.2, -0.15) is 0 Å². The van der Waals surface area contributed by atoms with Crippen molar-refractivity contribution < 1.29 is 13.9 Å². The summed E-state index contributed by atoms with van der Waals surface area (Å²) in [5, 5.41) is 2.64. The number of rotatable bonds is 3. The Balaban J connectivity index is 1.58. The van der Waals surface area contributed by atoms with Crippen molar-refractivity contribution in [1.82, 2.24) is 0 Å². The highest BCUT2D eigenvalue weighted by Gasteiger charge is 2.17. The number of anilines is 3. The van der Waals surface area contributed by atoms with Gasteiger partial charge in [0.1, 0.15) is 5.82 Å². The minimum absolute atomic E-state index is 0.210. The van der Waals surface area contributed by atoms with Crippen LogP contribution in [0.2, 0.25) is 0 Å². The van der Waals surface area contributed by atoms with Crippen LogP contribution in [0.4, 0.5) is 26.2 Å². The van der Waals surface area contributed by atoms with Gasteiger partial charge >= 0.3 is 6.09 Å². The smallest absolute Gasteiger partial charge is 0.411 e. The minimum Gasteiger partial charge on any atom is -0.453 e. The van der Waals surface area contributed by atoms with Crippen LogP contribution in [0.3, 0.4) is 0 Å². The number of nitrogens with zero attached hydrogens (tertiary/aromatic N) is 2. The summed E-state index contributed by atoms with van der Waals surface area (Å²) in [5.74, 6) is -0.210. The Hall–Kier alpha value is -2.76. The Kier molecular flexibility index (Phi) is 4.84. The van der Waals surface area contributed by atoms with E-state index in [0.717, 1.165) is 37.6 Å². The molecule has 0 bridgehead atoms. The Bertz CT molecular complexity index is 680. The molecule has 1 amide bonds. The molecular formula is C18H20FN3O2. The van der Waals surface area contributed by atoms with Crippen molar-refractivity contribution in [1.29, 1.82) is 0 Å². The fourth-order valence-electron chi connectivity index (χ4n) is 2.80. The molecule has 126 valence electrons. The van der Waals surface area contributed by atoms with Gasteiger partial charge in [0.15, 0.2) is 0 Å². The summed E-state index contributed by atoms with van der Waals surface area (Å²) in [5.41, 5.74) is 2.87. The lowest BCUT2D eigenvalue weighted by molar-refractivity contribution is 0.187. The summed E-state index contributed by atoms with van der Waals surface area (Å²) in [6.45, 7) is 3.55. The zero-order valence-electron chi connectivity index (χ0n) is 13.5. The van der Waals surface area contributed by atoms with Crippen LogP contribution < -0.4 is 15.1 Å². The first-order valence-electron chi connectivity index (χ1n) is 7.86. The number of piperazine rings is 1. The van der Waals surface area contributed by atoms with Crippen LogP contribution in [-0.2, 0) is 4.74 Å². The van der Waals surface area contributed by atoms with Crippen LogP contribution in [0, 0.1) is 5.82 Å². The maximum absolute atomic E-state index is 13.0. The maximum atomic E-state index is 13.0. The third-order valence-corrected chi connectivity index (χ3v) is 4.14. The Labute approximate surface area is 140 Å². The van der Waals surface area contributed by atoms with E-state index in [2.05, 4.69) is 19.9 Å². The second-order valence-electron chi connectivity index (χ2n) is 5.61. The molecule has 1 heterocycles. The van der Waals surface area contributed by atoms with E-state index in [1.807, 2.05) is 36.4 Å². The summed E-state index contributed by atoms with van der Waals surface area (Å²) in [6.07, 6.45) is -0.476. The summed E-state index contributed by atoms with van der Waals surface area (Å²) in [7, 11) is 1.34. The zero-order chi connectivity index (χ0) is 16.9. The Morgan fingerprint density at radius 3 is 1.83 bits per heavy atom. The molecule has 0 spiro atoms. The topological polar surface area (TPSA) is 44.8 Å². The quantitative estimate of drug-likeness (QED) is 0.938. The summed E-state index contributed by atoms with van der Waals surface area (Å²) in [4.78, 5) is 15.7. The van der Waals surface area contributed by atoms with Crippen LogP contribution >= 0.6 is 0 Å². The number of hydrogen-bond acceptors (Lipinski definition) is 4. The van der Waals surface area contributed by atoms with Crippen molar-refractivity contribution in [3.63, 3.8) is 0 Å². The van der Waals surface area contributed by atoms with Gasteiger partial charge in [-0.3, -0.25) is 5.32 Å². The molecule has 0 aromatic heterocycles. The SMILES string of the molecule is COC(=O)Nc1ccc(N2CCN(c3ccc(F)cc3)CC2)cc1. The molecular weight excluding hydrogens is 309 g/mol. The van der Waals surface area contributed by atoms with Gasteiger partial charge in [0.25, 0.3) is 0 Å². The summed E-state index contributed by atoms with van der Waals surface area (Å²) in [6, 6.07) is 14.3. The molecule has 2 aromatic rings. The average molecular weight is 329 g/mol. The molecule has 3 rings (SSSR count). The highest BCUT2D eigenvalue weighted by Crippen LogP contribution is 2.22. The number of methoxy groups -OCH3 is 1. The van der Waals surface area contributed by atoms with Gasteiger partial charge in [0, 0.05) is 43.2 Å². The van der Waals surface area contributed by atoms with Crippen molar-refractivity contribution in [3.8, 4) is 0 Å². The van der Waals surface area contributed by atoms with Crippen LogP contribution in [0.5, 0.6) is 0 Å². The normalized spacial score (nSPS) is 14.4. The van der Waals surface area contributed by atoms with E-state index in [0.29, 0.717) is 5.69 Å². The molecule has 1 fully saturated rings. The van der Waals surface area contributed by atoms with Crippen LogP contribution in [-0.4, -0.2) is 39.4 Å². The largest absolute Gasteiger partial charge is 0.453 e. The molecule has 2 aromatic carbocycles. The summed E-state index contributed by atoms with van der Waals surface area (Å²) >= 11 is 0. The van der Waals surface area contributed by atoms with E-state index < -0.39 is 6.09 Å². The second-order valence-corrected chi connectivity index (χ2v) is 5.61. The predicted octanol–water partition coefficient (Wildman–Crippen LogP) is 3.33. The molecule has 6 heteroatoms. The first kappa shape index (κ1) is 16.1. The van der Waals surface area contributed by atoms with Crippen molar-refractivity contribution in [2.24, 2.45) is 0 Å². The van der Waals surface area contributed by atoms with E-state index in [-0.39, 0.29) is 5.82 Å². The third kappa shape index (κ3) is 3.76. The van der Waals surface area contributed by atoms with Crippen LogP contribution in [0.25, 0.3) is 0 Å². The lowest BCUT2D eigenvalue weighted by Crippen LogP contribution is -2.46. The molecule has 0 saturated carbocycles. The first-order valence-corrected chi connectivity index (χ1v) is 7.86. The zero-order valence-corrected chi connectivity index (χ0v) is 13.5. The molecule has 1 saturated heterocycles. The molecule has 0 radical (unpaired) electrons. The monoisotopic (exact) mass is 329 g/mol. The van der Waals surface area contributed by atoms with Gasteiger partial charge in [-0.1, -0.05) is 0 Å². The highest BCUT2D eigenvalue weighted by atomic mass is 19.1. The lowest BCUT2D eigenvalue weighted by atomic mass is 10.2. The van der Waals surface area contributed by atoms with Crippen molar-refractivity contribution >= 4 is 23.2 Å². The number of carbonyl (C=O) groups is 1. The average Bonchev–Trinajstić information content (AvgIpc) is 2.63. The van der Waals surface area contributed by atoms with Crippen molar-refractivity contribution in [3.05, 3.63) is 54.3 Å². The third-order valence-electron chi connectivity index (χ3n) is 4.14. The predicted molar refractivity (Wildman–Crippen MR) is 93.3 cm³/mol. The maximum Gasteiger partial charge on any atom is 0.411 e. The number of hydrogen-bond donors (Lipinski definition) is 1. The van der Waals surface area contributed by atoms with Gasteiger partial charge in [-0.15, -0.1) is 0 Å². The van der Waals surface area contributed by atoms with Gasteiger partial charge in [-0.05, 0) is 48.5 Å². The lowest BCUT2D eigenvalue weighted by Gasteiger charge is -2.37. The van der Waals surface area contributed by atoms with E-state index in [1.165, 1.54) is 19.2 Å². The highest BCUT2D eigenvalue weighted by molar-refractivity contribution is 5.84. The first-order chi connectivity index (χ1) is 11.7. The number of benzene rings is 2. The molecule has 0 unspecified atom stereocenters. The number of ether oxygens (including phenoxy) is 1.